The van der Waals surface area contributed by atoms with Crippen molar-refractivity contribution in [2.45, 2.75) is 31.2 Å². The first-order valence-corrected chi connectivity index (χ1v) is 7.55. The van der Waals surface area contributed by atoms with Crippen LogP contribution in [0.3, 0.4) is 0 Å². The first-order chi connectivity index (χ1) is 10.2. The fourth-order valence-corrected chi connectivity index (χ4v) is 2.47. The minimum absolute atomic E-state index is 0.0941. The maximum atomic E-state index is 12.5. The minimum Gasteiger partial charge on any atom is -0.353 e. The maximum Gasteiger partial charge on any atom is 0.228 e. The van der Waals surface area contributed by atoms with Crippen LogP contribution in [-0.2, 0) is 11.2 Å². The molecule has 108 valence electrons. The van der Waals surface area contributed by atoms with Gasteiger partial charge in [0.25, 0.3) is 0 Å². The Labute approximate surface area is 129 Å². The molecule has 1 atom stereocenters. The van der Waals surface area contributed by atoms with Crippen molar-refractivity contribution in [2.24, 2.45) is 0 Å². The van der Waals surface area contributed by atoms with Crippen LogP contribution in [0.1, 0.15) is 29.9 Å². The minimum atomic E-state index is -0.190. The van der Waals surface area contributed by atoms with Gasteiger partial charge in [-0.2, -0.15) is 0 Å². The summed E-state index contributed by atoms with van der Waals surface area (Å²) in [6.45, 7) is 0. The average molecular weight is 301 g/mol. The van der Waals surface area contributed by atoms with Crippen molar-refractivity contribution in [3.05, 3.63) is 64.9 Å². The number of hydrogen-bond donors (Lipinski definition) is 1. The number of nitrogens with one attached hydrogen (secondary N) is 1. The second-order valence-corrected chi connectivity index (χ2v) is 5.88. The van der Waals surface area contributed by atoms with Crippen molar-refractivity contribution in [1.82, 2.24) is 10.3 Å². The lowest BCUT2D eigenvalue weighted by atomic mass is 9.91. The third-order valence-electron chi connectivity index (χ3n) is 3.70. The monoisotopic (exact) mass is 300 g/mol. The van der Waals surface area contributed by atoms with Crippen LogP contribution in [0, 0.1) is 0 Å². The van der Waals surface area contributed by atoms with Crippen molar-refractivity contribution in [3.63, 3.8) is 0 Å². The highest BCUT2D eigenvalue weighted by atomic mass is 35.5. The Balaban J connectivity index is 1.82. The highest BCUT2D eigenvalue weighted by Gasteiger charge is 2.28. The van der Waals surface area contributed by atoms with Crippen LogP contribution in [0.5, 0.6) is 0 Å². The van der Waals surface area contributed by atoms with Gasteiger partial charge >= 0.3 is 0 Å². The number of pyridine rings is 1. The Morgan fingerprint density at radius 2 is 1.86 bits per heavy atom. The third kappa shape index (κ3) is 3.82. The van der Waals surface area contributed by atoms with Crippen LogP contribution >= 0.6 is 11.6 Å². The van der Waals surface area contributed by atoms with E-state index in [-0.39, 0.29) is 11.8 Å². The number of halogens is 1. The molecule has 0 spiro atoms. The second-order valence-electron chi connectivity index (χ2n) is 5.45. The van der Waals surface area contributed by atoms with Gasteiger partial charge in [0.1, 0.15) is 0 Å². The molecule has 1 aliphatic rings. The molecule has 0 aliphatic heterocycles. The molecule has 1 heterocycles. The van der Waals surface area contributed by atoms with E-state index >= 15 is 0 Å². The van der Waals surface area contributed by atoms with Crippen molar-refractivity contribution >= 4 is 17.5 Å². The number of rotatable bonds is 5. The number of aromatic nitrogens is 1. The van der Waals surface area contributed by atoms with Gasteiger partial charge < -0.3 is 5.32 Å². The Bertz CT molecular complexity index is 608. The standard InChI is InChI=1S/C17H17ClN2O/c18-14-3-1-13(2-4-14)16(17(21)20-15-5-6-15)11-12-7-9-19-10-8-12/h1-4,7-10,15-16H,5-6,11H2,(H,20,21). The average Bonchev–Trinajstić information content (AvgIpc) is 3.31. The van der Waals surface area contributed by atoms with Crippen LogP contribution in [0.4, 0.5) is 0 Å². The largest absolute Gasteiger partial charge is 0.353 e. The molecular formula is C17H17ClN2O. The van der Waals surface area contributed by atoms with Crippen LogP contribution in [0.2, 0.25) is 5.02 Å². The van der Waals surface area contributed by atoms with Gasteiger partial charge in [-0.25, -0.2) is 0 Å². The molecule has 1 aromatic heterocycles. The molecule has 1 saturated carbocycles. The van der Waals surface area contributed by atoms with Crippen LogP contribution in [0.25, 0.3) is 0 Å². The number of nitrogens with zero attached hydrogens (tertiary/aromatic N) is 1. The van der Waals surface area contributed by atoms with Crippen molar-refractivity contribution < 1.29 is 4.79 Å². The number of carbonyl (C=O) groups excluding carboxylic acids is 1. The van der Waals surface area contributed by atoms with Gasteiger partial charge in [-0.05, 0) is 54.7 Å². The van der Waals surface area contributed by atoms with Gasteiger partial charge in [-0.15, -0.1) is 0 Å². The molecule has 3 nitrogen and oxygen atoms in total. The van der Waals surface area contributed by atoms with Gasteiger partial charge in [0.05, 0.1) is 5.92 Å². The van der Waals surface area contributed by atoms with E-state index in [0.717, 1.165) is 24.0 Å². The summed E-state index contributed by atoms with van der Waals surface area (Å²) in [5.74, 6) is -0.0955. The lowest BCUT2D eigenvalue weighted by Gasteiger charge is -2.17. The zero-order valence-corrected chi connectivity index (χ0v) is 12.4. The SMILES string of the molecule is O=C(NC1CC1)C(Cc1ccncc1)c1ccc(Cl)cc1. The van der Waals surface area contributed by atoms with Gasteiger partial charge in [0.2, 0.25) is 5.91 Å². The van der Waals surface area contributed by atoms with Crippen LogP contribution in [-0.4, -0.2) is 16.9 Å². The molecule has 1 unspecified atom stereocenters. The van der Waals surface area contributed by atoms with E-state index in [1.54, 1.807) is 12.4 Å². The van der Waals surface area contributed by atoms with Gasteiger partial charge in [-0.1, -0.05) is 23.7 Å². The number of hydrogen-bond acceptors (Lipinski definition) is 2. The zero-order chi connectivity index (χ0) is 14.7. The quantitative estimate of drug-likeness (QED) is 0.920. The summed E-state index contributed by atoms with van der Waals surface area (Å²) in [5, 5.41) is 3.78. The topological polar surface area (TPSA) is 42.0 Å². The zero-order valence-electron chi connectivity index (χ0n) is 11.6. The number of benzene rings is 1. The van der Waals surface area contributed by atoms with Crippen molar-refractivity contribution in [1.29, 1.82) is 0 Å². The summed E-state index contributed by atoms with van der Waals surface area (Å²) in [5.41, 5.74) is 2.10. The lowest BCUT2D eigenvalue weighted by molar-refractivity contribution is -0.122. The fourth-order valence-electron chi connectivity index (χ4n) is 2.34. The molecule has 2 aromatic rings. The van der Waals surface area contributed by atoms with Gasteiger partial charge in [-0.3, -0.25) is 9.78 Å². The van der Waals surface area contributed by atoms with Crippen LogP contribution < -0.4 is 5.32 Å². The summed E-state index contributed by atoms with van der Waals surface area (Å²) in [4.78, 5) is 16.5. The maximum absolute atomic E-state index is 12.5. The molecule has 3 rings (SSSR count). The Kier molecular flexibility index (Phi) is 4.20. The summed E-state index contributed by atoms with van der Waals surface area (Å²) < 4.78 is 0. The predicted molar refractivity (Wildman–Crippen MR) is 83.3 cm³/mol. The van der Waals surface area contributed by atoms with E-state index in [2.05, 4.69) is 10.3 Å². The summed E-state index contributed by atoms with van der Waals surface area (Å²) in [7, 11) is 0. The summed E-state index contributed by atoms with van der Waals surface area (Å²) in [6.07, 6.45) is 6.37. The summed E-state index contributed by atoms with van der Waals surface area (Å²) in [6, 6.07) is 11.8. The van der Waals surface area contributed by atoms with Gasteiger partial charge in [0.15, 0.2) is 0 Å². The van der Waals surface area contributed by atoms with Crippen LogP contribution in [0.15, 0.2) is 48.8 Å². The summed E-state index contributed by atoms with van der Waals surface area (Å²) >= 11 is 5.94. The van der Waals surface area contributed by atoms with E-state index in [1.807, 2.05) is 36.4 Å². The Morgan fingerprint density at radius 3 is 2.48 bits per heavy atom. The van der Waals surface area contributed by atoms with Crippen molar-refractivity contribution in [3.8, 4) is 0 Å². The molecule has 1 N–H and O–H groups in total. The highest BCUT2D eigenvalue weighted by Crippen LogP contribution is 2.26. The third-order valence-corrected chi connectivity index (χ3v) is 3.95. The first-order valence-electron chi connectivity index (χ1n) is 7.17. The van der Waals surface area contributed by atoms with Gasteiger partial charge in [0, 0.05) is 23.5 Å². The molecule has 1 aromatic carbocycles. The molecule has 1 amide bonds. The van der Waals surface area contributed by atoms with E-state index in [1.165, 1.54) is 0 Å². The van der Waals surface area contributed by atoms with E-state index in [9.17, 15) is 4.79 Å². The Morgan fingerprint density at radius 1 is 1.19 bits per heavy atom. The molecule has 0 bridgehead atoms. The number of amides is 1. The second kappa shape index (κ2) is 6.27. The number of carbonyl (C=O) groups is 1. The van der Waals surface area contributed by atoms with E-state index in [4.69, 9.17) is 11.6 Å². The van der Waals surface area contributed by atoms with Crippen molar-refractivity contribution in [2.75, 3.05) is 0 Å². The highest BCUT2D eigenvalue weighted by molar-refractivity contribution is 6.30. The first kappa shape index (κ1) is 14.1. The normalized spacial score (nSPS) is 15.5. The smallest absolute Gasteiger partial charge is 0.228 e. The molecule has 0 saturated heterocycles. The fraction of sp³-hybridized carbons (Fsp3) is 0.294. The molecule has 4 heteroatoms. The molecule has 21 heavy (non-hydrogen) atoms. The Hall–Kier alpha value is -1.87. The molecule has 1 fully saturated rings. The molecular weight excluding hydrogens is 284 g/mol. The molecule has 1 aliphatic carbocycles. The van der Waals surface area contributed by atoms with E-state index < -0.39 is 0 Å². The lowest BCUT2D eigenvalue weighted by Crippen LogP contribution is -2.32. The predicted octanol–water partition coefficient (Wildman–Crippen LogP) is 3.34. The molecule has 0 radical (unpaired) electrons. The van der Waals surface area contributed by atoms with E-state index in [0.29, 0.717) is 17.5 Å².